The van der Waals surface area contributed by atoms with Gasteiger partial charge in [0.25, 0.3) is 0 Å². The van der Waals surface area contributed by atoms with Crippen LogP contribution in [0.1, 0.15) is 34.1 Å². The summed E-state index contributed by atoms with van der Waals surface area (Å²) in [5, 5.41) is 18.0. The van der Waals surface area contributed by atoms with Crippen LogP contribution in [0.2, 0.25) is 0 Å². The number of carboxylic acids is 1. The SMILES string of the molecule is CCC(=O)c1cc(C(=O)O)ccc1O. The Morgan fingerprint density at radius 3 is 2.50 bits per heavy atom. The minimum absolute atomic E-state index is 0.000370. The summed E-state index contributed by atoms with van der Waals surface area (Å²) in [6, 6.07) is 3.65. The first-order chi connectivity index (χ1) is 6.56. The van der Waals surface area contributed by atoms with E-state index in [0.29, 0.717) is 0 Å². The predicted molar refractivity (Wildman–Crippen MR) is 49.7 cm³/mol. The van der Waals surface area contributed by atoms with Crippen molar-refractivity contribution in [1.82, 2.24) is 0 Å². The number of aromatic carboxylic acids is 1. The zero-order chi connectivity index (χ0) is 10.7. The third kappa shape index (κ3) is 1.90. The number of hydrogen-bond donors (Lipinski definition) is 2. The Labute approximate surface area is 80.8 Å². The highest BCUT2D eigenvalue weighted by atomic mass is 16.4. The van der Waals surface area contributed by atoms with Crippen molar-refractivity contribution in [1.29, 1.82) is 0 Å². The number of ketones is 1. The second-order valence-corrected chi connectivity index (χ2v) is 2.81. The van der Waals surface area contributed by atoms with E-state index >= 15 is 0 Å². The molecule has 1 rings (SSSR count). The number of carboxylic acid groups (broad SMARTS) is 1. The van der Waals surface area contributed by atoms with Crippen molar-refractivity contribution in [3.05, 3.63) is 29.3 Å². The molecular weight excluding hydrogens is 184 g/mol. The fourth-order valence-electron chi connectivity index (χ4n) is 1.08. The van der Waals surface area contributed by atoms with Gasteiger partial charge in [-0.3, -0.25) is 4.79 Å². The molecule has 0 saturated heterocycles. The van der Waals surface area contributed by atoms with E-state index in [1.165, 1.54) is 18.2 Å². The van der Waals surface area contributed by atoms with E-state index in [2.05, 4.69) is 0 Å². The van der Waals surface area contributed by atoms with Crippen LogP contribution in [0, 0.1) is 0 Å². The van der Waals surface area contributed by atoms with Gasteiger partial charge in [-0.25, -0.2) is 4.79 Å². The average molecular weight is 194 g/mol. The predicted octanol–water partition coefficient (Wildman–Crippen LogP) is 1.68. The summed E-state index contributed by atoms with van der Waals surface area (Å²) in [5.74, 6) is -1.57. The number of carbonyl (C=O) groups excluding carboxylic acids is 1. The van der Waals surface area contributed by atoms with Crippen molar-refractivity contribution in [3.63, 3.8) is 0 Å². The van der Waals surface area contributed by atoms with Crippen LogP contribution >= 0.6 is 0 Å². The Bertz CT molecular complexity index is 382. The monoisotopic (exact) mass is 194 g/mol. The lowest BCUT2D eigenvalue weighted by atomic mass is 10.0. The van der Waals surface area contributed by atoms with Crippen LogP contribution in [0.15, 0.2) is 18.2 Å². The molecule has 4 nitrogen and oxygen atoms in total. The molecule has 1 aromatic rings. The lowest BCUT2D eigenvalue weighted by molar-refractivity contribution is 0.0697. The summed E-state index contributed by atoms with van der Waals surface area (Å²) in [6.45, 7) is 1.65. The first kappa shape index (κ1) is 10.2. The standard InChI is InChI=1S/C10H10O4/c1-2-8(11)7-5-6(10(13)14)3-4-9(7)12/h3-5,12H,2H2,1H3,(H,13,14). The Kier molecular flexibility index (Phi) is 2.86. The van der Waals surface area contributed by atoms with Crippen LogP contribution in [0.5, 0.6) is 5.75 Å². The number of Topliss-reactive ketones (excluding diaryl/α,β-unsaturated/α-hetero) is 1. The van der Waals surface area contributed by atoms with Gasteiger partial charge in [0, 0.05) is 6.42 Å². The van der Waals surface area contributed by atoms with Gasteiger partial charge in [0.05, 0.1) is 11.1 Å². The normalized spacial score (nSPS) is 9.79. The molecule has 1 aromatic carbocycles. The second-order valence-electron chi connectivity index (χ2n) is 2.81. The second kappa shape index (κ2) is 3.91. The third-order valence-corrected chi connectivity index (χ3v) is 1.87. The maximum absolute atomic E-state index is 11.3. The molecule has 0 bridgehead atoms. The molecule has 0 aliphatic rings. The Morgan fingerprint density at radius 1 is 1.36 bits per heavy atom. The number of aromatic hydroxyl groups is 1. The summed E-state index contributed by atoms with van der Waals surface area (Å²) in [6.07, 6.45) is 0.233. The topological polar surface area (TPSA) is 74.6 Å². The molecule has 0 fully saturated rings. The molecule has 0 aromatic heterocycles. The first-order valence-corrected chi connectivity index (χ1v) is 4.15. The van der Waals surface area contributed by atoms with E-state index in [9.17, 15) is 14.7 Å². The Hall–Kier alpha value is -1.84. The van der Waals surface area contributed by atoms with Gasteiger partial charge >= 0.3 is 5.97 Å². The smallest absolute Gasteiger partial charge is 0.335 e. The highest BCUT2D eigenvalue weighted by Crippen LogP contribution is 2.20. The van der Waals surface area contributed by atoms with Gasteiger partial charge in [0.1, 0.15) is 5.75 Å². The number of benzene rings is 1. The highest BCUT2D eigenvalue weighted by molar-refractivity contribution is 6.00. The third-order valence-electron chi connectivity index (χ3n) is 1.87. The molecule has 0 aliphatic heterocycles. The minimum atomic E-state index is -1.12. The molecule has 0 heterocycles. The number of hydrogen-bond acceptors (Lipinski definition) is 3. The van der Waals surface area contributed by atoms with Gasteiger partial charge in [-0.15, -0.1) is 0 Å². The zero-order valence-electron chi connectivity index (χ0n) is 7.65. The molecule has 0 atom stereocenters. The van der Waals surface area contributed by atoms with Crippen LogP contribution in [0.25, 0.3) is 0 Å². The summed E-state index contributed by atoms with van der Waals surface area (Å²) < 4.78 is 0. The molecule has 14 heavy (non-hydrogen) atoms. The molecular formula is C10H10O4. The Morgan fingerprint density at radius 2 is 2.00 bits per heavy atom. The first-order valence-electron chi connectivity index (χ1n) is 4.15. The molecule has 4 heteroatoms. The van der Waals surface area contributed by atoms with Gasteiger partial charge in [0.2, 0.25) is 0 Å². The number of rotatable bonds is 3. The molecule has 0 spiro atoms. The fraction of sp³-hybridized carbons (Fsp3) is 0.200. The molecule has 0 aliphatic carbocycles. The van der Waals surface area contributed by atoms with Gasteiger partial charge in [-0.1, -0.05) is 6.92 Å². The quantitative estimate of drug-likeness (QED) is 0.718. The molecule has 0 radical (unpaired) electrons. The van der Waals surface area contributed by atoms with Crippen LogP contribution in [0.4, 0.5) is 0 Å². The van der Waals surface area contributed by atoms with Crippen molar-refractivity contribution < 1.29 is 19.8 Å². The van der Waals surface area contributed by atoms with Crippen LogP contribution in [-0.4, -0.2) is 22.0 Å². The largest absolute Gasteiger partial charge is 0.507 e. The highest BCUT2D eigenvalue weighted by Gasteiger charge is 2.12. The number of carbonyl (C=O) groups is 2. The summed E-state index contributed by atoms with van der Waals surface area (Å²) in [5.41, 5.74) is 0.0620. The van der Waals surface area contributed by atoms with Gasteiger partial charge in [-0.05, 0) is 18.2 Å². The lowest BCUT2D eigenvalue weighted by Gasteiger charge is -2.02. The van der Waals surface area contributed by atoms with Crippen molar-refractivity contribution in [3.8, 4) is 5.75 Å². The zero-order valence-corrected chi connectivity index (χ0v) is 7.65. The lowest BCUT2D eigenvalue weighted by Crippen LogP contribution is -2.02. The van der Waals surface area contributed by atoms with Crippen molar-refractivity contribution in [2.45, 2.75) is 13.3 Å². The molecule has 0 amide bonds. The average Bonchev–Trinajstić information content (AvgIpc) is 2.17. The van der Waals surface area contributed by atoms with Crippen molar-refractivity contribution in [2.24, 2.45) is 0 Å². The van der Waals surface area contributed by atoms with Crippen LogP contribution < -0.4 is 0 Å². The Balaban J connectivity index is 3.21. The van der Waals surface area contributed by atoms with Gasteiger partial charge in [0.15, 0.2) is 5.78 Å². The maximum Gasteiger partial charge on any atom is 0.335 e. The minimum Gasteiger partial charge on any atom is -0.507 e. The van der Waals surface area contributed by atoms with E-state index < -0.39 is 5.97 Å². The van der Waals surface area contributed by atoms with E-state index in [0.717, 1.165) is 0 Å². The van der Waals surface area contributed by atoms with E-state index in [1.54, 1.807) is 6.92 Å². The van der Waals surface area contributed by atoms with Crippen molar-refractivity contribution >= 4 is 11.8 Å². The maximum atomic E-state index is 11.3. The van der Waals surface area contributed by atoms with Gasteiger partial charge in [-0.2, -0.15) is 0 Å². The summed E-state index contributed by atoms with van der Waals surface area (Å²) >= 11 is 0. The van der Waals surface area contributed by atoms with E-state index in [4.69, 9.17) is 5.11 Å². The van der Waals surface area contributed by atoms with E-state index in [1.807, 2.05) is 0 Å². The molecule has 0 saturated carbocycles. The molecule has 0 unspecified atom stereocenters. The molecule has 2 N–H and O–H groups in total. The fourth-order valence-corrected chi connectivity index (χ4v) is 1.08. The van der Waals surface area contributed by atoms with E-state index in [-0.39, 0.29) is 29.1 Å². The van der Waals surface area contributed by atoms with Crippen molar-refractivity contribution in [2.75, 3.05) is 0 Å². The number of phenolic OH excluding ortho intramolecular Hbond substituents is 1. The molecule has 74 valence electrons. The number of phenols is 1. The summed E-state index contributed by atoms with van der Waals surface area (Å²) in [7, 11) is 0. The summed E-state index contributed by atoms with van der Waals surface area (Å²) in [4.78, 5) is 21.8. The van der Waals surface area contributed by atoms with Crippen LogP contribution in [0.3, 0.4) is 0 Å². The van der Waals surface area contributed by atoms with Gasteiger partial charge < -0.3 is 10.2 Å². The van der Waals surface area contributed by atoms with Crippen LogP contribution in [-0.2, 0) is 0 Å².